The quantitative estimate of drug-likeness (QED) is 0.584. The number of benzene rings is 1. The Morgan fingerprint density at radius 3 is 2.66 bits per heavy atom. The molecule has 1 aliphatic carbocycles. The van der Waals surface area contributed by atoms with Gasteiger partial charge in [0.2, 0.25) is 0 Å². The fourth-order valence-electron chi connectivity index (χ4n) is 4.71. The fourth-order valence-corrected chi connectivity index (χ4v) is 4.71. The molecule has 0 aliphatic heterocycles. The van der Waals surface area contributed by atoms with E-state index in [0.29, 0.717) is 11.6 Å². The Morgan fingerprint density at radius 1 is 1.17 bits per heavy atom. The van der Waals surface area contributed by atoms with Crippen LogP contribution in [0.2, 0.25) is 0 Å². The molecular weight excluding hydrogens is 364 g/mol. The third-order valence-electron chi connectivity index (χ3n) is 5.98. The molecule has 1 fully saturated rings. The van der Waals surface area contributed by atoms with Crippen LogP contribution >= 0.6 is 0 Å². The molecule has 0 atom stereocenters. The van der Waals surface area contributed by atoms with Crippen LogP contribution in [-0.2, 0) is 12.5 Å². The monoisotopic (exact) mass is 386 g/mol. The smallest absolute Gasteiger partial charge is 0.267 e. The number of aryl methyl sites for hydroxylation is 1. The van der Waals surface area contributed by atoms with Crippen LogP contribution in [0.15, 0.2) is 54.9 Å². The predicted octanol–water partition coefficient (Wildman–Crippen LogP) is 2.94. The molecule has 0 spiro atoms. The zero-order chi connectivity index (χ0) is 20.2. The van der Waals surface area contributed by atoms with Crippen LogP contribution in [0.4, 0.5) is 0 Å². The summed E-state index contributed by atoms with van der Waals surface area (Å²) in [6.45, 7) is 2.27. The Bertz CT molecular complexity index is 1230. The molecule has 0 bridgehead atoms. The number of aromatic nitrogens is 5. The molecule has 7 heteroatoms. The second-order valence-corrected chi connectivity index (χ2v) is 8.08. The topological polar surface area (TPSA) is 91.1 Å². The number of carbonyl (C=O) groups is 1. The number of hydrogen-bond donors (Lipinski definition) is 1. The number of rotatable bonds is 4. The molecule has 1 aliphatic rings. The zero-order valence-electron chi connectivity index (χ0n) is 16.4. The summed E-state index contributed by atoms with van der Waals surface area (Å²) in [5, 5.41) is 13.2. The summed E-state index contributed by atoms with van der Waals surface area (Å²) < 4.78 is 3.62. The van der Waals surface area contributed by atoms with Crippen molar-refractivity contribution in [2.75, 3.05) is 0 Å². The van der Waals surface area contributed by atoms with Crippen molar-refractivity contribution >= 4 is 11.4 Å². The van der Waals surface area contributed by atoms with E-state index in [9.17, 15) is 4.79 Å². The van der Waals surface area contributed by atoms with Crippen molar-refractivity contribution in [1.29, 1.82) is 0 Å². The predicted molar refractivity (Wildman–Crippen MR) is 109 cm³/mol. The lowest BCUT2D eigenvalue weighted by molar-refractivity contribution is 0.0993. The van der Waals surface area contributed by atoms with E-state index >= 15 is 0 Å². The van der Waals surface area contributed by atoms with Gasteiger partial charge < -0.3 is 10.3 Å². The van der Waals surface area contributed by atoms with Gasteiger partial charge in [0, 0.05) is 12.6 Å². The highest BCUT2D eigenvalue weighted by atomic mass is 16.1. The molecule has 4 aromatic rings. The third-order valence-corrected chi connectivity index (χ3v) is 5.98. The summed E-state index contributed by atoms with van der Waals surface area (Å²) in [6.07, 6.45) is 3.84. The summed E-state index contributed by atoms with van der Waals surface area (Å²) in [5.41, 5.74) is 9.61. The molecular formula is C22H22N6O. The summed E-state index contributed by atoms with van der Waals surface area (Å²) in [7, 11) is 2.00. The van der Waals surface area contributed by atoms with E-state index < -0.39 is 5.91 Å². The molecule has 0 saturated heterocycles. The van der Waals surface area contributed by atoms with Crippen LogP contribution in [0.1, 0.15) is 41.6 Å². The second kappa shape index (κ2) is 6.27. The maximum Gasteiger partial charge on any atom is 0.267 e. The Balaban J connectivity index is 1.62. The van der Waals surface area contributed by atoms with Crippen molar-refractivity contribution < 1.29 is 4.79 Å². The number of pyridine rings is 1. The minimum Gasteiger partial charge on any atom is -0.364 e. The Morgan fingerprint density at radius 2 is 1.97 bits per heavy atom. The van der Waals surface area contributed by atoms with Crippen LogP contribution in [0.25, 0.3) is 16.8 Å². The Labute approximate surface area is 168 Å². The minimum absolute atomic E-state index is 0.127. The van der Waals surface area contributed by atoms with Gasteiger partial charge in [0.1, 0.15) is 17.8 Å². The van der Waals surface area contributed by atoms with Gasteiger partial charge in [0.25, 0.3) is 5.91 Å². The highest BCUT2D eigenvalue weighted by Gasteiger charge is 2.48. The molecule has 2 N–H and O–H groups in total. The van der Waals surface area contributed by atoms with Crippen molar-refractivity contribution in [3.8, 4) is 11.3 Å². The van der Waals surface area contributed by atoms with Gasteiger partial charge in [-0.25, -0.2) is 4.52 Å². The fraction of sp³-hybridized carbons (Fsp3) is 0.273. The Kier molecular flexibility index (Phi) is 3.81. The number of hydrogen-bond acceptors (Lipinski definition) is 4. The largest absolute Gasteiger partial charge is 0.364 e. The molecule has 1 amide bonds. The van der Waals surface area contributed by atoms with E-state index in [1.807, 2.05) is 35.9 Å². The van der Waals surface area contributed by atoms with Crippen molar-refractivity contribution in [1.82, 2.24) is 24.4 Å². The van der Waals surface area contributed by atoms with Gasteiger partial charge in [-0.05, 0) is 48.6 Å². The maximum atomic E-state index is 11.7. The number of nitrogens with zero attached hydrogens (tertiary/aromatic N) is 5. The molecule has 7 nitrogen and oxygen atoms in total. The van der Waals surface area contributed by atoms with Crippen molar-refractivity contribution in [3.05, 3.63) is 71.9 Å². The first-order chi connectivity index (χ1) is 14.0. The van der Waals surface area contributed by atoms with Crippen LogP contribution in [0.5, 0.6) is 0 Å². The molecule has 146 valence electrons. The van der Waals surface area contributed by atoms with E-state index in [1.165, 1.54) is 5.56 Å². The van der Waals surface area contributed by atoms with E-state index in [-0.39, 0.29) is 5.41 Å². The molecule has 0 radical (unpaired) electrons. The zero-order valence-corrected chi connectivity index (χ0v) is 16.4. The third kappa shape index (κ3) is 2.65. The summed E-state index contributed by atoms with van der Waals surface area (Å²) in [6, 6.07) is 15.8. The average Bonchev–Trinajstić information content (AvgIpc) is 3.31. The van der Waals surface area contributed by atoms with Crippen LogP contribution in [-0.4, -0.2) is 30.3 Å². The Hall–Kier alpha value is -3.48. The van der Waals surface area contributed by atoms with E-state index in [0.717, 1.165) is 35.4 Å². The molecule has 3 aromatic heterocycles. The normalized spacial score (nSPS) is 21.2. The van der Waals surface area contributed by atoms with Crippen LogP contribution in [0.3, 0.4) is 0 Å². The highest BCUT2D eigenvalue weighted by molar-refractivity contribution is 5.92. The van der Waals surface area contributed by atoms with Gasteiger partial charge in [0.15, 0.2) is 0 Å². The highest BCUT2D eigenvalue weighted by Crippen LogP contribution is 2.51. The van der Waals surface area contributed by atoms with Crippen molar-refractivity contribution in [2.24, 2.45) is 18.7 Å². The molecule has 5 rings (SSSR count). The van der Waals surface area contributed by atoms with Gasteiger partial charge >= 0.3 is 0 Å². The number of primary amides is 1. The lowest BCUT2D eigenvalue weighted by Crippen LogP contribution is -2.43. The van der Waals surface area contributed by atoms with Crippen molar-refractivity contribution in [3.63, 3.8) is 0 Å². The summed E-state index contributed by atoms with van der Waals surface area (Å²) in [4.78, 5) is 11.7. The van der Waals surface area contributed by atoms with Gasteiger partial charge in [0.05, 0.1) is 16.6 Å². The molecule has 1 aromatic carbocycles. The molecule has 0 unspecified atom stereocenters. The van der Waals surface area contributed by atoms with Gasteiger partial charge in [-0.3, -0.25) is 4.79 Å². The number of nitrogens with two attached hydrogens (primary N) is 1. The molecule has 29 heavy (non-hydrogen) atoms. The van der Waals surface area contributed by atoms with Crippen LogP contribution < -0.4 is 5.73 Å². The van der Waals surface area contributed by atoms with E-state index in [1.54, 1.807) is 16.9 Å². The SMILES string of the molecule is CC1CC(c2cccc(-c3cc4cccc(C(N)=O)n4n3)c2)(c2nncn2C)C1. The molecule has 3 heterocycles. The van der Waals surface area contributed by atoms with Gasteiger partial charge in [-0.2, -0.15) is 5.10 Å². The molecule has 1 saturated carbocycles. The average molecular weight is 386 g/mol. The first-order valence-corrected chi connectivity index (χ1v) is 9.72. The van der Waals surface area contributed by atoms with E-state index in [2.05, 4.69) is 40.4 Å². The summed E-state index contributed by atoms with van der Waals surface area (Å²) >= 11 is 0. The first kappa shape index (κ1) is 17.6. The second-order valence-electron chi connectivity index (χ2n) is 8.08. The number of amides is 1. The minimum atomic E-state index is -0.497. The van der Waals surface area contributed by atoms with Crippen LogP contribution in [0, 0.1) is 5.92 Å². The van der Waals surface area contributed by atoms with E-state index in [4.69, 9.17) is 5.73 Å². The van der Waals surface area contributed by atoms with Crippen molar-refractivity contribution in [2.45, 2.75) is 25.2 Å². The number of carbonyl (C=O) groups excluding carboxylic acids is 1. The first-order valence-electron chi connectivity index (χ1n) is 9.72. The standard InChI is InChI=1S/C22H22N6O/c1-14-11-22(12-14,21-25-24-13-27(21)2)16-6-3-5-15(9-16)18-10-17-7-4-8-19(20(23)29)28(17)26-18/h3-10,13-14H,11-12H2,1-2H3,(H2,23,29). The number of fused-ring (bicyclic) bond motifs is 1. The van der Waals surface area contributed by atoms with Gasteiger partial charge in [-0.1, -0.05) is 31.2 Å². The lowest BCUT2D eigenvalue weighted by Gasteiger charge is -2.46. The summed E-state index contributed by atoms with van der Waals surface area (Å²) in [5.74, 6) is 1.14. The lowest BCUT2D eigenvalue weighted by atomic mass is 9.58. The maximum absolute atomic E-state index is 11.7. The van der Waals surface area contributed by atoms with Gasteiger partial charge in [-0.15, -0.1) is 10.2 Å².